The molecule has 1 aromatic carbocycles. The van der Waals surface area contributed by atoms with Gasteiger partial charge >= 0.3 is 0 Å². The summed E-state index contributed by atoms with van der Waals surface area (Å²) < 4.78 is 0. The number of hydrogen-bond acceptors (Lipinski definition) is 0. The first-order valence-corrected chi connectivity index (χ1v) is 4.92. The van der Waals surface area contributed by atoms with Crippen molar-refractivity contribution in [2.75, 3.05) is 0 Å². The number of hydrogen-bond donors (Lipinski definition) is 0. The highest BCUT2D eigenvalue weighted by molar-refractivity contribution is 5.50. The fourth-order valence-corrected chi connectivity index (χ4v) is 1.01. The van der Waals surface area contributed by atoms with Crippen LogP contribution < -0.4 is 0 Å². The Bertz CT molecular complexity index is 328. The second kappa shape index (κ2) is 4.28. The maximum absolute atomic E-state index is 3.99. The average Bonchev–Trinajstić information content (AvgIpc) is 2.16. The van der Waals surface area contributed by atoms with Crippen LogP contribution in [0.2, 0.25) is 0 Å². The largest absolute Gasteiger partial charge is 0.0993 e. The van der Waals surface area contributed by atoms with E-state index in [-0.39, 0.29) is 5.41 Å². The normalized spacial score (nSPS) is 11.9. The monoisotopic (exact) mass is 186 g/mol. The maximum atomic E-state index is 3.99. The quantitative estimate of drug-likeness (QED) is 0.617. The molecule has 0 aliphatic carbocycles. The summed E-state index contributed by atoms with van der Waals surface area (Å²) in [6.07, 6.45) is 4.35. The number of rotatable bonds is 3. The molecule has 0 spiro atoms. The SMILES string of the molecule is C=C(C)C(C)(C)/C=C/c1ccccc1. The van der Waals surface area contributed by atoms with E-state index in [9.17, 15) is 0 Å². The molecule has 0 aliphatic rings. The first-order valence-electron chi connectivity index (χ1n) is 4.92. The second-order valence-corrected chi connectivity index (χ2v) is 4.25. The number of benzene rings is 1. The van der Waals surface area contributed by atoms with Crippen LogP contribution in [-0.4, -0.2) is 0 Å². The highest BCUT2D eigenvalue weighted by Crippen LogP contribution is 2.26. The van der Waals surface area contributed by atoms with Crippen LogP contribution in [0.4, 0.5) is 0 Å². The second-order valence-electron chi connectivity index (χ2n) is 4.25. The van der Waals surface area contributed by atoms with Crippen molar-refractivity contribution in [1.29, 1.82) is 0 Å². The Morgan fingerprint density at radius 3 is 2.29 bits per heavy atom. The molecule has 1 aromatic rings. The van der Waals surface area contributed by atoms with Gasteiger partial charge < -0.3 is 0 Å². The van der Waals surface area contributed by atoms with Gasteiger partial charge in [-0.05, 0) is 12.5 Å². The van der Waals surface area contributed by atoms with E-state index in [2.05, 4.69) is 51.6 Å². The van der Waals surface area contributed by atoms with E-state index in [0.717, 1.165) is 0 Å². The van der Waals surface area contributed by atoms with Crippen molar-refractivity contribution < 1.29 is 0 Å². The van der Waals surface area contributed by atoms with Crippen molar-refractivity contribution in [3.63, 3.8) is 0 Å². The minimum Gasteiger partial charge on any atom is -0.0993 e. The first kappa shape index (κ1) is 10.8. The van der Waals surface area contributed by atoms with Crippen LogP contribution >= 0.6 is 0 Å². The fourth-order valence-electron chi connectivity index (χ4n) is 1.01. The Labute approximate surface area is 87.0 Å². The third-order valence-corrected chi connectivity index (χ3v) is 2.59. The van der Waals surface area contributed by atoms with Crippen LogP contribution in [-0.2, 0) is 0 Å². The molecule has 0 bridgehead atoms. The molecule has 1 rings (SSSR count). The van der Waals surface area contributed by atoms with Crippen molar-refractivity contribution in [3.05, 3.63) is 54.1 Å². The highest BCUT2D eigenvalue weighted by atomic mass is 14.2. The molecule has 0 saturated heterocycles. The molecular weight excluding hydrogens is 168 g/mol. The minimum atomic E-state index is 0.0792. The van der Waals surface area contributed by atoms with E-state index in [1.807, 2.05) is 18.2 Å². The molecule has 0 radical (unpaired) electrons. The van der Waals surface area contributed by atoms with Crippen molar-refractivity contribution in [3.8, 4) is 0 Å². The zero-order chi connectivity index (χ0) is 10.6. The third-order valence-electron chi connectivity index (χ3n) is 2.59. The Hall–Kier alpha value is -1.30. The summed E-state index contributed by atoms with van der Waals surface area (Å²) in [7, 11) is 0. The van der Waals surface area contributed by atoms with E-state index in [0.29, 0.717) is 0 Å². The van der Waals surface area contributed by atoms with E-state index in [1.165, 1.54) is 11.1 Å². The lowest BCUT2D eigenvalue weighted by Gasteiger charge is -2.20. The molecule has 74 valence electrons. The smallest absolute Gasteiger partial charge is 0.00321 e. The molecule has 0 saturated carbocycles. The third kappa shape index (κ3) is 2.88. The molecule has 0 fully saturated rings. The zero-order valence-electron chi connectivity index (χ0n) is 9.25. The summed E-state index contributed by atoms with van der Waals surface area (Å²) in [5.41, 5.74) is 2.50. The molecule has 0 amide bonds. The van der Waals surface area contributed by atoms with Gasteiger partial charge in [0.2, 0.25) is 0 Å². The van der Waals surface area contributed by atoms with Crippen LogP contribution in [0.5, 0.6) is 0 Å². The van der Waals surface area contributed by atoms with Crippen LogP contribution in [0.1, 0.15) is 26.3 Å². The van der Waals surface area contributed by atoms with Crippen LogP contribution in [0, 0.1) is 5.41 Å². The van der Waals surface area contributed by atoms with Crippen molar-refractivity contribution in [2.24, 2.45) is 5.41 Å². The molecule has 0 atom stereocenters. The van der Waals surface area contributed by atoms with Gasteiger partial charge in [-0.3, -0.25) is 0 Å². The van der Waals surface area contributed by atoms with E-state index in [4.69, 9.17) is 0 Å². The summed E-state index contributed by atoms with van der Waals surface area (Å²) in [4.78, 5) is 0. The Morgan fingerprint density at radius 1 is 1.21 bits per heavy atom. The highest BCUT2D eigenvalue weighted by Gasteiger charge is 2.13. The molecule has 0 aromatic heterocycles. The molecule has 14 heavy (non-hydrogen) atoms. The molecule has 0 heterocycles. The van der Waals surface area contributed by atoms with Crippen molar-refractivity contribution >= 4 is 6.08 Å². The lowest BCUT2D eigenvalue weighted by molar-refractivity contribution is 0.585. The van der Waals surface area contributed by atoms with Gasteiger partial charge in [0.05, 0.1) is 0 Å². The zero-order valence-corrected chi connectivity index (χ0v) is 9.25. The summed E-state index contributed by atoms with van der Waals surface area (Å²) >= 11 is 0. The van der Waals surface area contributed by atoms with Gasteiger partial charge in [-0.15, -0.1) is 0 Å². The summed E-state index contributed by atoms with van der Waals surface area (Å²) in [6, 6.07) is 10.3. The van der Waals surface area contributed by atoms with Gasteiger partial charge in [-0.25, -0.2) is 0 Å². The first-order chi connectivity index (χ1) is 6.52. The predicted octanol–water partition coefficient (Wildman–Crippen LogP) is 4.30. The van der Waals surface area contributed by atoms with Crippen molar-refractivity contribution in [2.45, 2.75) is 20.8 Å². The van der Waals surface area contributed by atoms with Gasteiger partial charge in [0, 0.05) is 5.41 Å². The summed E-state index contributed by atoms with van der Waals surface area (Å²) in [5.74, 6) is 0. The minimum absolute atomic E-state index is 0.0792. The fraction of sp³-hybridized carbons (Fsp3) is 0.286. The molecule has 0 heteroatoms. The summed E-state index contributed by atoms with van der Waals surface area (Å²) in [6.45, 7) is 10.4. The van der Waals surface area contributed by atoms with Gasteiger partial charge in [-0.1, -0.05) is 68.5 Å². The molecule has 0 N–H and O–H groups in total. The van der Waals surface area contributed by atoms with E-state index >= 15 is 0 Å². The Balaban J connectivity index is 2.79. The van der Waals surface area contributed by atoms with Gasteiger partial charge in [0.1, 0.15) is 0 Å². The Kier molecular flexibility index (Phi) is 3.29. The maximum Gasteiger partial charge on any atom is 0.00321 e. The molecule has 0 aliphatic heterocycles. The van der Waals surface area contributed by atoms with Crippen LogP contribution in [0.25, 0.3) is 6.08 Å². The Morgan fingerprint density at radius 2 is 1.79 bits per heavy atom. The van der Waals surface area contributed by atoms with Crippen LogP contribution in [0.15, 0.2) is 48.6 Å². The van der Waals surface area contributed by atoms with Crippen LogP contribution in [0.3, 0.4) is 0 Å². The van der Waals surface area contributed by atoms with E-state index in [1.54, 1.807) is 0 Å². The molecule has 0 unspecified atom stereocenters. The topological polar surface area (TPSA) is 0 Å². The number of allylic oxidation sites excluding steroid dienone is 2. The van der Waals surface area contributed by atoms with Gasteiger partial charge in [-0.2, -0.15) is 0 Å². The van der Waals surface area contributed by atoms with Crippen molar-refractivity contribution in [1.82, 2.24) is 0 Å². The predicted molar refractivity (Wildman–Crippen MR) is 64.1 cm³/mol. The van der Waals surface area contributed by atoms with Gasteiger partial charge in [0.25, 0.3) is 0 Å². The van der Waals surface area contributed by atoms with Gasteiger partial charge in [0.15, 0.2) is 0 Å². The lowest BCUT2D eigenvalue weighted by Crippen LogP contribution is -2.07. The average molecular weight is 186 g/mol. The summed E-state index contributed by atoms with van der Waals surface area (Å²) in [5, 5.41) is 0. The standard InChI is InChI=1S/C14H18/c1-12(2)14(3,4)11-10-13-8-6-5-7-9-13/h5-11H,1H2,2-4H3/b11-10+. The molecular formula is C14H18. The van der Waals surface area contributed by atoms with E-state index < -0.39 is 0 Å². The molecule has 0 nitrogen and oxygen atoms in total. The lowest BCUT2D eigenvalue weighted by atomic mass is 9.85.